The molecule has 0 bridgehead atoms. The van der Waals surface area contributed by atoms with Crippen molar-refractivity contribution in [2.24, 2.45) is 5.41 Å². The molecule has 0 amide bonds. The summed E-state index contributed by atoms with van der Waals surface area (Å²) in [5.41, 5.74) is 1.74. The molecule has 0 saturated carbocycles. The summed E-state index contributed by atoms with van der Waals surface area (Å²) >= 11 is 0. The summed E-state index contributed by atoms with van der Waals surface area (Å²) in [6, 6.07) is 5.95. The summed E-state index contributed by atoms with van der Waals surface area (Å²) in [5, 5.41) is 3.32. The van der Waals surface area contributed by atoms with Gasteiger partial charge in [-0.05, 0) is 37.6 Å². The standard InChI is InChI=1S/C15H19NO2/c1-15(6-8-16-9-7-15)14(17)12-4-2-3-11-5-10-18-13(11)12/h2-4,16H,5-10H2,1H3. The van der Waals surface area contributed by atoms with Gasteiger partial charge in [0.2, 0.25) is 0 Å². The van der Waals surface area contributed by atoms with Crippen molar-refractivity contribution in [2.45, 2.75) is 26.2 Å². The first-order chi connectivity index (χ1) is 8.71. The number of para-hydroxylation sites is 1. The Morgan fingerprint density at radius 1 is 1.33 bits per heavy atom. The molecule has 2 heterocycles. The average molecular weight is 245 g/mol. The lowest BCUT2D eigenvalue weighted by Crippen LogP contribution is -2.40. The number of ether oxygens (including phenoxy) is 1. The van der Waals surface area contributed by atoms with E-state index >= 15 is 0 Å². The van der Waals surface area contributed by atoms with Crippen LogP contribution in [0.5, 0.6) is 5.75 Å². The Balaban J connectivity index is 1.95. The minimum absolute atomic E-state index is 0.230. The number of rotatable bonds is 2. The molecule has 0 aromatic heterocycles. The molecule has 3 nitrogen and oxygen atoms in total. The largest absolute Gasteiger partial charge is 0.492 e. The van der Waals surface area contributed by atoms with Crippen LogP contribution in [-0.4, -0.2) is 25.5 Å². The van der Waals surface area contributed by atoms with Crippen molar-refractivity contribution >= 4 is 5.78 Å². The van der Waals surface area contributed by atoms with E-state index in [2.05, 4.69) is 18.3 Å². The fourth-order valence-corrected chi connectivity index (χ4v) is 2.92. The number of carbonyl (C=O) groups is 1. The first kappa shape index (κ1) is 11.7. The maximum Gasteiger partial charge on any atom is 0.172 e. The number of Topliss-reactive ketones (excluding diaryl/α,β-unsaturated/α-hetero) is 1. The number of hydrogen-bond donors (Lipinski definition) is 1. The second kappa shape index (κ2) is 4.39. The average Bonchev–Trinajstić information content (AvgIpc) is 2.87. The number of piperidine rings is 1. The summed E-state index contributed by atoms with van der Waals surface area (Å²) < 4.78 is 5.65. The SMILES string of the molecule is CC1(C(=O)c2cccc3c2OCC3)CCNCC1. The molecule has 2 aliphatic heterocycles. The molecular formula is C15H19NO2. The Hall–Kier alpha value is -1.35. The normalized spacial score (nSPS) is 21.2. The van der Waals surface area contributed by atoms with E-state index < -0.39 is 0 Å². The molecule has 3 heteroatoms. The zero-order valence-corrected chi connectivity index (χ0v) is 10.8. The van der Waals surface area contributed by atoms with Gasteiger partial charge in [0.05, 0.1) is 12.2 Å². The van der Waals surface area contributed by atoms with Gasteiger partial charge in [-0.1, -0.05) is 19.1 Å². The molecule has 1 aromatic rings. The first-order valence-electron chi connectivity index (χ1n) is 6.71. The van der Waals surface area contributed by atoms with E-state index in [-0.39, 0.29) is 11.2 Å². The number of hydrogen-bond acceptors (Lipinski definition) is 3. The molecule has 1 fully saturated rings. The maximum absolute atomic E-state index is 12.8. The lowest BCUT2D eigenvalue weighted by atomic mass is 9.74. The van der Waals surface area contributed by atoms with Crippen molar-refractivity contribution in [1.82, 2.24) is 5.32 Å². The molecule has 0 atom stereocenters. The van der Waals surface area contributed by atoms with Crippen LogP contribution in [0.25, 0.3) is 0 Å². The van der Waals surface area contributed by atoms with Crippen molar-refractivity contribution in [3.05, 3.63) is 29.3 Å². The van der Waals surface area contributed by atoms with Crippen LogP contribution in [0.3, 0.4) is 0 Å². The van der Waals surface area contributed by atoms with E-state index in [1.807, 2.05) is 12.1 Å². The van der Waals surface area contributed by atoms with Crippen molar-refractivity contribution < 1.29 is 9.53 Å². The van der Waals surface area contributed by atoms with E-state index in [1.54, 1.807) is 0 Å². The highest BCUT2D eigenvalue weighted by atomic mass is 16.5. The summed E-state index contributed by atoms with van der Waals surface area (Å²) in [4.78, 5) is 12.8. The van der Waals surface area contributed by atoms with Gasteiger partial charge in [-0.2, -0.15) is 0 Å². The number of nitrogens with one attached hydrogen (secondary N) is 1. The molecule has 1 N–H and O–H groups in total. The van der Waals surface area contributed by atoms with E-state index in [9.17, 15) is 4.79 Å². The third-order valence-corrected chi connectivity index (χ3v) is 4.21. The Morgan fingerprint density at radius 2 is 2.11 bits per heavy atom. The summed E-state index contributed by atoms with van der Waals surface area (Å²) in [6.07, 6.45) is 2.75. The quantitative estimate of drug-likeness (QED) is 0.812. The predicted octanol–water partition coefficient (Wildman–Crippen LogP) is 2.19. The fourth-order valence-electron chi connectivity index (χ4n) is 2.92. The fraction of sp³-hybridized carbons (Fsp3) is 0.533. The molecule has 0 spiro atoms. The second-order valence-corrected chi connectivity index (χ2v) is 5.53. The minimum atomic E-state index is -0.230. The van der Waals surface area contributed by atoms with Gasteiger partial charge in [-0.25, -0.2) is 0 Å². The molecule has 3 rings (SSSR count). The summed E-state index contributed by atoms with van der Waals surface area (Å²) in [6.45, 7) is 4.65. The Morgan fingerprint density at radius 3 is 2.89 bits per heavy atom. The number of carbonyl (C=O) groups excluding carboxylic acids is 1. The smallest absolute Gasteiger partial charge is 0.172 e. The topological polar surface area (TPSA) is 38.3 Å². The van der Waals surface area contributed by atoms with Gasteiger partial charge in [-0.15, -0.1) is 0 Å². The zero-order valence-electron chi connectivity index (χ0n) is 10.8. The summed E-state index contributed by atoms with van der Waals surface area (Å²) in [7, 11) is 0. The van der Waals surface area contributed by atoms with E-state index in [0.29, 0.717) is 6.61 Å². The Labute approximate surface area is 108 Å². The van der Waals surface area contributed by atoms with Crippen molar-refractivity contribution in [2.75, 3.05) is 19.7 Å². The Bertz CT molecular complexity index is 475. The van der Waals surface area contributed by atoms with Gasteiger partial charge in [0.1, 0.15) is 5.75 Å². The predicted molar refractivity (Wildman–Crippen MR) is 70.2 cm³/mol. The maximum atomic E-state index is 12.8. The van der Waals surface area contributed by atoms with Crippen LogP contribution < -0.4 is 10.1 Å². The molecule has 96 valence electrons. The van der Waals surface area contributed by atoms with E-state index in [4.69, 9.17) is 4.74 Å². The van der Waals surface area contributed by atoms with Crippen LogP contribution in [0.15, 0.2) is 18.2 Å². The van der Waals surface area contributed by atoms with Crippen LogP contribution >= 0.6 is 0 Å². The molecular weight excluding hydrogens is 226 g/mol. The van der Waals surface area contributed by atoms with E-state index in [0.717, 1.165) is 43.7 Å². The molecule has 2 aliphatic rings. The third kappa shape index (κ3) is 1.83. The van der Waals surface area contributed by atoms with Crippen LogP contribution in [-0.2, 0) is 6.42 Å². The van der Waals surface area contributed by atoms with Gasteiger partial charge >= 0.3 is 0 Å². The number of ketones is 1. The molecule has 0 aliphatic carbocycles. The van der Waals surface area contributed by atoms with Crippen LogP contribution in [0.1, 0.15) is 35.7 Å². The van der Waals surface area contributed by atoms with Gasteiger partial charge in [-0.3, -0.25) is 4.79 Å². The lowest BCUT2D eigenvalue weighted by Gasteiger charge is -2.32. The molecule has 0 unspecified atom stereocenters. The minimum Gasteiger partial charge on any atom is -0.492 e. The highest BCUT2D eigenvalue weighted by molar-refractivity contribution is 6.03. The monoisotopic (exact) mass is 245 g/mol. The van der Waals surface area contributed by atoms with Crippen LogP contribution in [0.2, 0.25) is 0 Å². The third-order valence-electron chi connectivity index (χ3n) is 4.21. The van der Waals surface area contributed by atoms with Gasteiger partial charge in [0.25, 0.3) is 0 Å². The van der Waals surface area contributed by atoms with E-state index in [1.165, 1.54) is 5.56 Å². The number of fused-ring (bicyclic) bond motifs is 1. The van der Waals surface area contributed by atoms with Gasteiger partial charge < -0.3 is 10.1 Å². The van der Waals surface area contributed by atoms with Gasteiger partial charge in [0, 0.05) is 11.8 Å². The lowest BCUT2D eigenvalue weighted by molar-refractivity contribution is 0.0759. The second-order valence-electron chi connectivity index (χ2n) is 5.53. The molecule has 1 saturated heterocycles. The molecule has 0 radical (unpaired) electrons. The highest BCUT2D eigenvalue weighted by Gasteiger charge is 2.37. The Kier molecular flexibility index (Phi) is 2.86. The molecule has 18 heavy (non-hydrogen) atoms. The van der Waals surface area contributed by atoms with Gasteiger partial charge in [0.15, 0.2) is 5.78 Å². The van der Waals surface area contributed by atoms with Crippen molar-refractivity contribution in [3.63, 3.8) is 0 Å². The van der Waals surface area contributed by atoms with Crippen LogP contribution in [0.4, 0.5) is 0 Å². The van der Waals surface area contributed by atoms with Crippen molar-refractivity contribution in [1.29, 1.82) is 0 Å². The summed E-state index contributed by atoms with van der Waals surface area (Å²) in [5.74, 6) is 1.09. The number of benzene rings is 1. The van der Waals surface area contributed by atoms with Crippen molar-refractivity contribution in [3.8, 4) is 5.75 Å². The first-order valence-corrected chi connectivity index (χ1v) is 6.71. The molecule has 1 aromatic carbocycles. The van der Waals surface area contributed by atoms with Crippen LogP contribution in [0, 0.1) is 5.41 Å². The zero-order chi connectivity index (χ0) is 12.6. The highest BCUT2D eigenvalue weighted by Crippen LogP contribution is 2.37.